The minimum atomic E-state index is -0.184. The minimum Gasteiger partial charge on any atom is -0.349 e. The third-order valence-electron chi connectivity index (χ3n) is 2.97. The van der Waals surface area contributed by atoms with E-state index in [0.29, 0.717) is 17.4 Å². The molecule has 0 saturated heterocycles. The quantitative estimate of drug-likeness (QED) is 0.763. The van der Waals surface area contributed by atoms with E-state index in [9.17, 15) is 4.79 Å². The van der Waals surface area contributed by atoms with E-state index < -0.39 is 0 Å². The lowest BCUT2D eigenvalue weighted by Gasteiger charge is -2.01. The van der Waals surface area contributed by atoms with Gasteiger partial charge in [-0.3, -0.25) is 4.79 Å². The zero-order valence-corrected chi connectivity index (χ0v) is 13.8. The number of nitrogens with zero attached hydrogens (tertiary/aromatic N) is 5. The molecule has 0 unspecified atom stereocenters. The van der Waals surface area contributed by atoms with Gasteiger partial charge in [-0.15, -0.1) is 21.5 Å². The number of aromatic nitrogens is 5. The van der Waals surface area contributed by atoms with Crippen LogP contribution in [0.15, 0.2) is 30.5 Å². The summed E-state index contributed by atoms with van der Waals surface area (Å²) in [6, 6.07) is 7.11. The predicted octanol–water partition coefficient (Wildman–Crippen LogP) is 2.07. The van der Waals surface area contributed by atoms with Crippen molar-refractivity contribution >= 4 is 28.8 Å². The van der Waals surface area contributed by atoms with Crippen LogP contribution in [0.1, 0.15) is 9.88 Å². The van der Waals surface area contributed by atoms with Gasteiger partial charge < -0.3 is 5.32 Å². The van der Waals surface area contributed by atoms with Crippen LogP contribution >= 0.6 is 22.9 Å². The Morgan fingerprint density at radius 3 is 2.83 bits per heavy atom. The maximum atomic E-state index is 11.9. The molecule has 0 fully saturated rings. The first-order valence-corrected chi connectivity index (χ1v) is 8.01. The van der Waals surface area contributed by atoms with E-state index in [4.69, 9.17) is 11.6 Å². The Morgan fingerprint density at radius 1 is 1.35 bits per heavy atom. The van der Waals surface area contributed by atoms with Crippen LogP contribution in [0.25, 0.3) is 11.4 Å². The monoisotopic (exact) mass is 348 g/mol. The number of halogens is 1. The summed E-state index contributed by atoms with van der Waals surface area (Å²) in [4.78, 5) is 18.3. The Kier molecular flexibility index (Phi) is 4.63. The Labute approximate surface area is 141 Å². The molecule has 7 nitrogen and oxygen atoms in total. The summed E-state index contributed by atoms with van der Waals surface area (Å²) in [5.41, 5.74) is 0.793. The first kappa shape index (κ1) is 15.6. The average molecular weight is 349 g/mol. The number of thiazole rings is 1. The summed E-state index contributed by atoms with van der Waals surface area (Å²) in [6.45, 7) is 2.38. The molecule has 118 valence electrons. The van der Waals surface area contributed by atoms with Gasteiger partial charge in [-0.25, -0.2) is 4.98 Å². The summed E-state index contributed by atoms with van der Waals surface area (Å²) < 4.78 is 0. The van der Waals surface area contributed by atoms with Gasteiger partial charge in [0.2, 0.25) is 11.7 Å². The highest BCUT2D eigenvalue weighted by molar-refractivity contribution is 7.11. The number of tetrazole rings is 1. The number of hydrogen-bond donors (Lipinski definition) is 1. The van der Waals surface area contributed by atoms with E-state index in [2.05, 4.69) is 25.7 Å². The lowest BCUT2D eigenvalue weighted by atomic mass is 10.2. The topological polar surface area (TPSA) is 85.6 Å². The van der Waals surface area contributed by atoms with Gasteiger partial charge in [0.25, 0.3) is 0 Å². The fourth-order valence-electron chi connectivity index (χ4n) is 1.88. The van der Waals surface area contributed by atoms with E-state index in [-0.39, 0.29) is 12.5 Å². The Balaban J connectivity index is 1.58. The first-order chi connectivity index (χ1) is 11.1. The normalized spacial score (nSPS) is 10.7. The van der Waals surface area contributed by atoms with Crippen LogP contribution in [0.5, 0.6) is 0 Å². The molecule has 3 rings (SSSR count). The molecule has 1 N–H and O–H groups in total. The van der Waals surface area contributed by atoms with Crippen LogP contribution in [0, 0.1) is 6.92 Å². The fourth-order valence-corrected chi connectivity index (χ4v) is 2.74. The van der Waals surface area contributed by atoms with Gasteiger partial charge in [0, 0.05) is 21.7 Å². The molecule has 1 amide bonds. The molecule has 0 aliphatic heterocycles. The number of nitrogens with one attached hydrogen (secondary N) is 1. The highest BCUT2D eigenvalue weighted by Crippen LogP contribution is 2.16. The Bertz CT molecular complexity index is 813. The Hall–Kier alpha value is -2.32. The molecular formula is C14H13ClN6OS. The average Bonchev–Trinajstić information content (AvgIpc) is 3.15. The number of aryl methyl sites for hydroxylation is 1. The summed E-state index contributed by atoms with van der Waals surface area (Å²) in [5, 5.41) is 16.4. The van der Waals surface area contributed by atoms with Crippen LogP contribution in [0.2, 0.25) is 5.02 Å². The molecule has 23 heavy (non-hydrogen) atoms. The first-order valence-electron chi connectivity index (χ1n) is 6.82. The van der Waals surface area contributed by atoms with E-state index in [1.165, 1.54) is 4.80 Å². The van der Waals surface area contributed by atoms with Gasteiger partial charge in [-0.2, -0.15) is 4.80 Å². The maximum Gasteiger partial charge on any atom is 0.243 e. The van der Waals surface area contributed by atoms with E-state index in [0.717, 1.165) is 15.4 Å². The van der Waals surface area contributed by atoms with Gasteiger partial charge in [0.15, 0.2) is 0 Å². The molecule has 2 heterocycles. The zero-order valence-electron chi connectivity index (χ0n) is 12.2. The van der Waals surface area contributed by atoms with Gasteiger partial charge >= 0.3 is 0 Å². The summed E-state index contributed by atoms with van der Waals surface area (Å²) in [6.07, 6.45) is 1.76. The van der Waals surface area contributed by atoms with Crippen molar-refractivity contribution in [3.05, 3.63) is 45.4 Å². The van der Waals surface area contributed by atoms with Crippen LogP contribution in [0.4, 0.5) is 0 Å². The van der Waals surface area contributed by atoms with Crippen molar-refractivity contribution in [1.29, 1.82) is 0 Å². The number of hydrogen-bond acceptors (Lipinski definition) is 6. The van der Waals surface area contributed by atoms with Crippen molar-refractivity contribution in [2.24, 2.45) is 0 Å². The van der Waals surface area contributed by atoms with E-state index >= 15 is 0 Å². The van der Waals surface area contributed by atoms with Gasteiger partial charge in [0.05, 0.1) is 11.6 Å². The molecule has 3 aromatic rings. The molecule has 0 bridgehead atoms. The van der Waals surface area contributed by atoms with E-state index in [1.54, 1.807) is 41.8 Å². The number of benzene rings is 1. The van der Waals surface area contributed by atoms with Crippen molar-refractivity contribution in [3.63, 3.8) is 0 Å². The SMILES string of the molecule is Cc1ncc(CNC(=O)Cn2nnc(-c3ccc(Cl)cc3)n2)s1. The molecule has 0 saturated carbocycles. The summed E-state index contributed by atoms with van der Waals surface area (Å²) in [5.74, 6) is 0.267. The molecular weight excluding hydrogens is 336 g/mol. The lowest BCUT2D eigenvalue weighted by molar-refractivity contribution is -0.122. The second-order valence-electron chi connectivity index (χ2n) is 4.77. The third kappa shape index (κ3) is 4.11. The number of carbonyl (C=O) groups excluding carboxylic acids is 1. The van der Waals surface area contributed by atoms with Crippen molar-refractivity contribution in [3.8, 4) is 11.4 Å². The fraction of sp³-hybridized carbons (Fsp3) is 0.214. The number of rotatable bonds is 5. The van der Waals surface area contributed by atoms with Crippen LogP contribution in [0.3, 0.4) is 0 Å². The van der Waals surface area contributed by atoms with Gasteiger partial charge in [0.1, 0.15) is 6.54 Å². The molecule has 0 spiro atoms. The van der Waals surface area contributed by atoms with Crippen LogP contribution < -0.4 is 5.32 Å². The molecule has 0 aliphatic rings. The molecule has 0 aliphatic carbocycles. The second-order valence-corrected chi connectivity index (χ2v) is 6.53. The van der Waals surface area contributed by atoms with Gasteiger partial charge in [-0.05, 0) is 36.4 Å². The molecule has 1 aromatic carbocycles. The Morgan fingerprint density at radius 2 is 2.13 bits per heavy atom. The molecule has 9 heteroatoms. The van der Waals surface area contributed by atoms with Gasteiger partial charge in [-0.1, -0.05) is 11.6 Å². The minimum absolute atomic E-state index is 0.0123. The summed E-state index contributed by atoms with van der Waals surface area (Å²) >= 11 is 7.39. The zero-order chi connectivity index (χ0) is 16.2. The largest absolute Gasteiger partial charge is 0.349 e. The van der Waals surface area contributed by atoms with Crippen molar-refractivity contribution in [2.45, 2.75) is 20.0 Å². The molecule has 0 radical (unpaired) electrons. The van der Waals surface area contributed by atoms with E-state index in [1.807, 2.05) is 6.92 Å². The smallest absolute Gasteiger partial charge is 0.243 e. The predicted molar refractivity (Wildman–Crippen MR) is 87.0 cm³/mol. The standard InChI is InChI=1S/C14H13ClN6OS/c1-9-16-6-12(23-9)7-17-13(22)8-21-19-14(18-20-21)10-2-4-11(15)5-3-10/h2-6H,7-8H2,1H3,(H,17,22). The summed E-state index contributed by atoms with van der Waals surface area (Å²) in [7, 11) is 0. The lowest BCUT2D eigenvalue weighted by Crippen LogP contribution is -2.27. The number of carbonyl (C=O) groups is 1. The third-order valence-corrected chi connectivity index (χ3v) is 4.13. The highest BCUT2D eigenvalue weighted by Gasteiger charge is 2.09. The maximum absolute atomic E-state index is 11.9. The van der Waals surface area contributed by atoms with Crippen LogP contribution in [-0.2, 0) is 17.9 Å². The van der Waals surface area contributed by atoms with Crippen molar-refractivity contribution < 1.29 is 4.79 Å². The second kappa shape index (κ2) is 6.84. The molecule has 0 atom stereocenters. The van der Waals surface area contributed by atoms with Crippen molar-refractivity contribution in [1.82, 2.24) is 30.5 Å². The van der Waals surface area contributed by atoms with Crippen molar-refractivity contribution in [2.75, 3.05) is 0 Å². The van der Waals surface area contributed by atoms with Crippen LogP contribution in [-0.4, -0.2) is 31.1 Å². The highest BCUT2D eigenvalue weighted by atomic mass is 35.5. The number of amides is 1. The molecule has 2 aromatic heterocycles.